The van der Waals surface area contributed by atoms with E-state index in [1.165, 1.54) is 0 Å². The third kappa shape index (κ3) is 3.04. The Bertz CT molecular complexity index is 491. The summed E-state index contributed by atoms with van der Waals surface area (Å²) in [6.45, 7) is 0.965. The van der Waals surface area contributed by atoms with E-state index in [0.29, 0.717) is 25.1 Å². The summed E-state index contributed by atoms with van der Waals surface area (Å²) in [7, 11) is 0. The van der Waals surface area contributed by atoms with Gasteiger partial charge in [0.1, 0.15) is 5.82 Å². The minimum absolute atomic E-state index is 0.328. The van der Waals surface area contributed by atoms with E-state index in [2.05, 4.69) is 15.3 Å². The number of nitrogens with zero attached hydrogens (tertiary/aromatic N) is 1. The van der Waals surface area contributed by atoms with Gasteiger partial charge >= 0.3 is 0 Å². The molecule has 0 unspecified atom stereocenters. The first kappa shape index (κ1) is 12.5. The number of benzene rings is 1. The van der Waals surface area contributed by atoms with Crippen molar-refractivity contribution in [3.8, 4) is 5.75 Å². The van der Waals surface area contributed by atoms with Crippen molar-refractivity contribution in [3.05, 3.63) is 47.5 Å². The molecule has 0 fully saturated rings. The van der Waals surface area contributed by atoms with E-state index in [-0.39, 0.29) is 0 Å². The Morgan fingerprint density at radius 3 is 2.61 bits per heavy atom. The van der Waals surface area contributed by atoms with Gasteiger partial charge in [0.2, 0.25) is 0 Å². The minimum atomic E-state index is -0.946. The summed E-state index contributed by atoms with van der Waals surface area (Å²) in [5.74, 6) is -1.98. The Kier molecular flexibility index (Phi) is 3.88. The minimum Gasteiger partial charge on any atom is -0.503 e. The zero-order chi connectivity index (χ0) is 13.0. The van der Waals surface area contributed by atoms with E-state index in [1.807, 2.05) is 0 Å². The lowest BCUT2D eigenvalue weighted by Gasteiger charge is -2.05. The Morgan fingerprint density at radius 1 is 1.28 bits per heavy atom. The largest absolute Gasteiger partial charge is 0.503 e. The van der Waals surface area contributed by atoms with Crippen LogP contribution in [0.5, 0.6) is 5.75 Å². The summed E-state index contributed by atoms with van der Waals surface area (Å²) in [6, 6.07) is 2.22. The van der Waals surface area contributed by atoms with Crippen LogP contribution in [-0.2, 0) is 13.0 Å². The molecule has 4 nitrogen and oxygen atoms in total. The van der Waals surface area contributed by atoms with Crippen molar-refractivity contribution >= 4 is 0 Å². The molecule has 0 spiro atoms. The van der Waals surface area contributed by atoms with Crippen molar-refractivity contribution in [2.45, 2.75) is 13.0 Å². The summed E-state index contributed by atoms with van der Waals surface area (Å²) in [4.78, 5) is 7.01. The van der Waals surface area contributed by atoms with Crippen LogP contribution < -0.4 is 5.32 Å². The Hall–Kier alpha value is -1.95. The van der Waals surface area contributed by atoms with Crippen LogP contribution in [0.25, 0.3) is 0 Å². The van der Waals surface area contributed by atoms with Crippen LogP contribution in [0.1, 0.15) is 11.4 Å². The molecule has 2 aromatic rings. The fraction of sp³-hybridized carbons (Fsp3) is 0.250. The summed E-state index contributed by atoms with van der Waals surface area (Å²) >= 11 is 0. The number of imidazole rings is 1. The molecule has 1 aromatic carbocycles. The second kappa shape index (κ2) is 5.59. The van der Waals surface area contributed by atoms with E-state index in [0.717, 1.165) is 18.0 Å². The highest BCUT2D eigenvalue weighted by Gasteiger charge is 2.09. The molecule has 0 radical (unpaired) electrons. The maximum atomic E-state index is 13.0. The number of hydrogen-bond donors (Lipinski definition) is 3. The molecule has 96 valence electrons. The van der Waals surface area contributed by atoms with Crippen LogP contribution in [0.4, 0.5) is 8.78 Å². The molecule has 0 saturated heterocycles. The van der Waals surface area contributed by atoms with Gasteiger partial charge in [-0.3, -0.25) is 0 Å². The lowest BCUT2D eigenvalue weighted by molar-refractivity contribution is 0.395. The van der Waals surface area contributed by atoms with Gasteiger partial charge < -0.3 is 15.4 Å². The average Bonchev–Trinajstić information content (AvgIpc) is 2.84. The highest BCUT2D eigenvalue weighted by Crippen LogP contribution is 2.21. The number of halogens is 2. The van der Waals surface area contributed by atoms with Crippen molar-refractivity contribution in [2.24, 2.45) is 0 Å². The number of aromatic nitrogens is 2. The van der Waals surface area contributed by atoms with Crippen LogP contribution in [-0.4, -0.2) is 21.6 Å². The lowest BCUT2D eigenvalue weighted by atomic mass is 10.2. The molecular formula is C12H13F2N3O. The van der Waals surface area contributed by atoms with E-state index in [1.54, 1.807) is 12.4 Å². The number of hydrogen-bond acceptors (Lipinski definition) is 3. The first-order chi connectivity index (χ1) is 8.66. The van der Waals surface area contributed by atoms with Crippen molar-refractivity contribution in [1.29, 1.82) is 0 Å². The molecule has 0 atom stereocenters. The quantitative estimate of drug-likeness (QED) is 0.711. The van der Waals surface area contributed by atoms with Gasteiger partial charge in [-0.25, -0.2) is 13.8 Å². The predicted molar refractivity (Wildman–Crippen MR) is 62.0 cm³/mol. The van der Waals surface area contributed by atoms with E-state index >= 15 is 0 Å². The zero-order valence-electron chi connectivity index (χ0n) is 9.58. The highest BCUT2D eigenvalue weighted by molar-refractivity contribution is 5.29. The highest BCUT2D eigenvalue weighted by atomic mass is 19.1. The normalized spacial score (nSPS) is 10.8. The molecule has 6 heteroatoms. The Morgan fingerprint density at radius 2 is 2.00 bits per heavy atom. The van der Waals surface area contributed by atoms with Crippen molar-refractivity contribution in [3.63, 3.8) is 0 Å². The van der Waals surface area contributed by atoms with E-state index < -0.39 is 17.4 Å². The SMILES string of the molecule is Oc1c(F)cc(CNCCc2ncc[nH]2)cc1F. The fourth-order valence-corrected chi connectivity index (χ4v) is 1.59. The van der Waals surface area contributed by atoms with Gasteiger partial charge in [-0.05, 0) is 17.7 Å². The summed E-state index contributed by atoms with van der Waals surface area (Å²) in [5, 5.41) is 12.0. The molecule has 0 amide bonds. The summed E-state index contributed by atoms with van der Waals surface area (Å²) in [5.41, 5.74) is 0.447. The number of nitrogens with one attached hydrogen (secondary N) is 2. The maximum Gasteiger partial charge on any atom is 0.187 e. The zero-order valence-corrected chi connectivity index (χ0v) is 9.58. The fourth-order valence-electron chi connectivity index (χ4n) is 1.59. The van der Waals surface area contributed by atoms with Gasteiger partial charge in [0.15, 0.2) is 17.4 Å². The molecule has 2 rings (SSSR count). The number of phenols is 1. The first-order valence-corrected chi connectivity index (χ1v) is 5.52. The van der Waals surface area contributed by atoms with Gasteiger partial charge in [0.25, 0.3) is 0 Å². The molecule has 0 aliphatic rings. The molecule has 0 aliphatic carbocycles. The van der Waals surface area contributed by atoms with Gasteiger partial charge in [-0.15, -0.1) is 0 Å². The van der Waals surface area contributed by atoms with E-state index in [9.17, 15) is 8.78 Å². The van der Waals surface area contributed by atoms with Gasteiger partial charge in [-0.2, -0.15) is 0 Å². The second-order valence-corrected chi connectivity index (χ2v) is 3.87. The summed E-state index contributed by atoms with van der Waals surface area (Å²) < 4.78 is 26.1. The van der Waals surface area contributed by atoms with Gasteiger partial charge in [0, 0.05) is 31.9 Å². The molecule has 0 aliphatic heterocycles. The number of aromatic hydroxyl groups is 1. The van der Waals surface area contributed by atoms with Crippen LogP contribution >= 0.6 is 0 Å². The molecule has 1 heterocycles. The van der Waals surface area contributed by atoms with Crippen molar-refractivity contribution < 1.29 is 13.9 Å². The Balaban J connectivity index is 1.83. The molecule has 0 bridgehead atoms. The molecule has 0 saturated carbocycles. The van der Waals surface area contributed by atoms with Crippen LogP contribution in [0.2, 0.25) is 0 Å². The number of aromatic amines is 1. The van der Waals surface area contributed by atoms with Crippen molar-refractivity contribution in [1.82, 2.24) is 15.3 Å². The van der Waals surface area contributed by atoms with Gasteiger partial charge in [0.05, 0.1) is 0 Å². The number of phenolic OH excluding ortho intramolecular Hbond substituents is 1. The van der Waals surface area contributed by atoms with Crippen LogP contribution in [0.3, 0.4) is 0 Å². The molecular weight excluding hydrogens is 240 g/mol. The lowest BCUT2D eigenvalue weighted by Crippen LogP contribution is -2.17. The molecule has 18 heavy (non-hydrogen) atoms. The molecule has 3 N–H and O–H groups in total. The number of H-pyrrole nitrogens is 1. The van der Waals surface area contributed by atoms with E-state index in [4.69, 9.17) is 5.11 Å². The second-order valence-electron chi connectivity index (χ2n) is 3.87. The number of rotatable bonds is 5. The monoisotopic (exact) mass is 253 g/mol. The third-order valence-corrected chi connectivity index (χ3v) is 2.50. The van der Waals surface area contributed by atoms with Crippen molar-refractivity contribution in [2.75, 3.05) is 6.54 Å². The maximum absolute atomic E-state index is 13.0. The third-order valence-electron chi connectivity index (χ3n) is 2.50. The predicted octanol–water partition coefficient (Wildman–Crippen LogP) is 1.73. The first-order valence-electron chi connectivity index (χ1n) is 5.52. The molecule has 1 aromatic heterocycles. The summed E-state index contributed by atoms with van der Waals surface area (Å²) in [6.07, 6.45) is 4.11. The Labute approximate surface area is 103 Å². The van der Waals surface area contributed by atoms with Gasteiger partial charge in [-0.1, -0.05) is 0 Å². The van der Waals surface area contributed by atoms with Crippen LogP contribution in [0.15, 0.2) is 24.5 Å². The topological polar surface area (TPSA) is 60.9 Å². The smallest absolute Gasteiger partial charge is 0.187 e. The van der Waals surface area contributed by atoms with Crippen LogP contribution in [0, 0.1) is 11.6 Å². The standard InChI is InChI=1S/C12H13F2N3O/c13-9-5-8(6-10(14)12(9)18)7-15-2-1-11-16-3-4-17-11/h3-6,15,18H,1-2,7H2,(H,16,17). The average molecular weight is 253 g/mol.